The lowest BCUT2D eigenvalue weighted by atomic mass is 10.1. The summed E-state index contributed by atoms with van der Waals surface area (Å²) in [5.41, 5.74) is -0.0242. The van der Waals surface area contributed by atoms with E-state index >= 15 is 0 Å². The van der Waals surface area contributed by atoms with Gasteiger partial charge in [-0.25, -0.2) is 14.5 Å². The highest BCUT2D eigenvalue weighted by atomic mass is 19.4. The lowest BCUT2D eigenvalue weighted by molar-refractivity contribution is -0.137. The van der Waals surface area contributed by atoms with Gasteiger partial charge in [-0.3, -0.25) is 4.79 Å². The van der Waals surface area contributed by atoms with Gasteiger partial charge in [0, 0.05) is 18.3 Å². The van der Waals surface area contributed by atoms with Gasteiger partial charge in [0.2, 0.25) is 0 Å². The summed E-state index contributed by atoms with van der Waals surface area (Å²) in [6.45, 7) is 0. The SMILES string of the molecule is CNC(=O)c1cccc(Oc2ccc(NC(=O)Nc3cc(C(F)(F)F)ccc3-n3cncn3)cc2)c1. The van der Waals surface area contributed by atoms with E-state index in [2.05, 4.69) is 26.0 Å². The van der Waals surface area contributed by atoms with E-state index in [1.54, 1.807) is 48.5 Å². The molecule has 0 atom stereocenters. The molecule has 1 aromatic heterocycles. The van der Waals surface area contributed by atoms with Crippen molar-refractivity contribution in [2.24, 2.45) is 0 Å². The van der Waals surface area contributed by atoms with Crippen molar-refractivity contribution >= 4 is 23.3 Å². The third-order valence-electron chi connectivity index (χ3n) is 4.91. The van der Waals surface area contributed by atoms with Gasteiger partial charge >= 0.3 is 12.2 Å². The van der Waals surface area contributed by atoms with Crippen molar-refractivity contribution in [2.75, 3.05) is 17.7 Å². The van der Waals surface area contributed by atoms with Gasteiger partial charge in [-0.2, -0.15) is 18.3 Å². The van der Waals surface area contributed by atoms with Crippen LogP contribution in [0.2, 0.25) is 0 Å². The van der Waals surface area contributed by atoms with Crippen LogP contribution in [-0.4, -0.2) is 33.8 Å². The van der Waals surface area contributed by atoms with Gasteiger partial charge in [-0.05, 0) is 60.7 Å². The molecule has 0 fully saturated rings. The van der Waals surface area contributed by atoms with Gasteiger partial charge in [-0.1, -0.05) is 6.07 Å². The predicted molar refractivity (Wildman–Crippen MR) is 125 cm³/mol. The molecule has 0 saturated heterocycles. The Morgan fingerprint density at radius 2 is 1.72 bits per heavy atom. The molecule has 3 N–H and O–H groups in total. The molecule has 3 aromatic carbocycles. The zero-order valence-electron chi connectivity index (χ0n) is 18.7. The molecule has 3 amide bonds. The molecule has 0 bridgehead atoms. The van der Waals surface area contributed by atoms with Crippen LogP contribution in [0.5, 0.6) is 11.5 Å². The van der Waals surface area contributed by atoms with Gasteiger partial charge in [-0.15, -0.1) is 0 Å². The number of nitrogens with one attached hydrogen (secondary N) is 3. The first-order valence-electron chi connectivity index (χ1n) is 10.5. The monoisotopic (exact) mass is 496 g/mol. The quantitative estimate of drug-likeness (QED) is 0.345. The lowest BCUT2D eigenvalue weighted by Gasteiger charge is -2.15. The zero-order chi connectivity index (χ0) is 25.7. The maximum Gasteiger partial charge on any atom is 0.416 e. The van der Waals surface area contributed by atoms with Crippen molar-refractivity contribution in [1.29, 1.82) is 0 Å². The smallest absolute Gasteiger partial charge is 0.416 e. The third kappa shape index (κ3) is 5.78. The molecule has 0 aliphatic rings. The van der Waals surface area contributed by atoms with Gasteiger partial charge < -0.3 is 20.7 Å². The fourth-order valence-corrected chi connectivity index (χ4v) is 3.22. The topological polar surface area (TPSA) is 110 Å². The first-order valence-corrected chi connectivity index (χ1v) is 10.5. The van der Waals surface area contributed by atoms with Crippen LogP contribution in [-0.2, 0) is 6.18 Å². The largest absolute Gasteiger partial charge is 0.457 e. The molecule has 0 aliphatic heterocycles. The number of amides is 3. The number of alkyl halides is 3. The average molecular weight is 496 g/mol. The van der Waals surface area contributed by atoms with E-state index in [1.807, 2.05) is 0 Å². The number of urea groups is 1. The van der Waals surface area contributed by atoms with E-state index in [0.717, 1.165) is 12.1 Å². The van der Waals surface area contributed by atoms with E-state index in [-0.39, 0.29) is 17.3 Å². The highest BCUT2D eigenvalue weighted by Gasteiger charge is 2.31. The number of aromatic nitrogens is 3. The van der Waals surface area contributed by atoms with Crippen LogP contribution >= 0.6 is 0 Å². The molecule has 0 aliphatic carbocycles. The van der Waals surface area contributed by atoms with Crippen molar-refractivity contribution in [1.82, 2.24) is 20.1 Å². The standard InChI is InChI=1S/C24H19F3N6O3/c1-28-22(34)15-3-2-4-19(11-15)36-18-8-6-17(7-9-18)31-23(35)32-20-12-16(24(25,26)27)5-10-21(20)33-14-29-13-30-33/h2-14H,1H3,(H,28,34)(H2,31,32,35). The maximum atomic E-state index is 13.2. The van der Waals surface area contributed by atoms with Gasteiger partial charge in [0.1, 0.15) is 24.2 Å². The lowest BCUT2D eigenvalue weighted by Crippen LogP contribution is -2.21. The first kappa shape index (κ1) is 24.3. The Hall–Kier alpha value is -4.87. The van der Waals surface area contributed by atoms with E-state index < -0.39 is 17.8 Å². The van der Waals surface area contributed by atoms with Crippen LogP contribution in [0.4, 0.5) is 29.3 Å². The molecular formula is C24H19F3N6O3. The van der Waals surface area contributed by atoms with Crippen molar-refractivity contribution in [3.8, 4) is 17.2 Å². The van der Waals surface area contributed by atoms with E-state index in [0.29, 0.717) is 22.7 Å². The molecule has 0 saturated carbocycles. The van der Waals surface area contributed by atoms with Gasteiger partial charge in [0.25, 0.3) is 5.91 Å². The molecule has 0 spiro atoms. The van der Waals surface area contributed by atoms with Crippen LogP contribution in [0.3, 0.4) is 0 Å². The zero-order valence-corrected chi connectivity index (χ0v) is 18.7. The van der Waals surface area contributed by atoms with Gasteiger partial charge in [0.05, 0.1) is 16.9 Å². The minimum atomic E-state index is -4.59. The minimum Gasteiger partial charge on any atom is -0.457 e. The Bertz CT molecular complexity index is 1370. The summed E-state index contributed by atoms with van der Waals surface area (Å²) in [4.78, 5) is 28.1. The maximum absolute atomic E-state index is 13.2. The van der Waals surface area contributed by atoms with Crippen molar-refractivity contribution in [3.63, 3.8) is 0 Å². The van der Waals surface area contributed by atoms with Crippen molar-refractivity contribution in [3.05, 3.63) is 90.5 Å². The Kier molecular flexibility index (Phi) is 6.86. The van der Waals surface area contributed by atoms with Crippen molar-refractivity contribution < 1.29 is 27.5 Å². The molecule has 12 heteroatoms. The molecule has 4 aromatic rings. The highest BCUT2D eigenvalue weighted by Crippen LogP contribution is 2.33. The van der Waals surface area contributed by atoms with Crippen LogP contribution in [0.1, 0.15) is 15.9 Å². The molecular weight excluding hydrogens is 477 g/mol. The Morgan fingerprint density at radius 1 is 0.944 bits per heavy atom. The molecule has 36 heavy (non-hydrogen) atoms. The first-order chi connectivity index (χ1) is 17.2. The van der Waals surface area contributed by atoms with Crippen LogP contribution < -0.4 is 20.7 Å². The van der Waals surface area contributed by atoms with Gasteiger partial charge in [0.15, 0.2) is 0 Å². The highest BCUT2D eigenvalue weighted by molar-refractivity contribution is 6.01. The average Bonchev–Trinajstić information content (AvgIpc) is 3.39. The number of halogens is 3. The minimum absolute atomic E-state index is 0.108. The second-order valence-electron chi connectivity index (χ2n) is 7.38. The summed E-state index contributed by atoms with van der Waals surface area (Å²) < 4.78 is 46.6. The molecule has 0 radical (unpaired) electrons. The molecule has 4 rings (SSSR count). The number of nitrogens with zero attached hydrogens (tertiary/aromatic N) is 3. The number of hydrogen-bond acceptors (Lipinski definition) is 5. The van der Waals surface area contributed by atoms with Crippen molar-refractivity contribution in [2.45, 2.75) is 6.18 Å². The second-order valence-corrected chi connectivity index (χ2v) is 7.38. The number of carbonyl (C=O) groups excluding carboxylic acids is 2. The van der Waals surface area contributed by atoms with Crippen LogP contribution in [0.15, 0.2) is 79.4 Å². The Morgan fingerprint density at radius 3 is 2.39 bits per heavy atom. The second kappa shape index (κ2) is 10.2. The fourth-order valence-electron chi connectivity index (χ4n) is 3.22. The summed E-state index contributed by atoms with van der Waals surface area (Å²) >= 11 is 0. The van der Waals surface area contributed by atoms with E-state index in [1.165, 1.54) is 30.5 Å². The number of carbonyl (C=O) groups is 2. The summed E-state index contributed by atoms with van der Waals surface area (Å²) in [6.07, 6.45) is -2.07. The fraction of sp³-hybridized carbons (Fsp3) is 0.0833. The number of ether oxygens (including phenoxy) is 1. The van der Waals surface area contributed by atoms with Crippen LogP contribution in [0.25, 0.3) is 5.69 Å². The molecule has 184 valence electrons. The predicted octanol–water partition coefficient (Wildman–Crippen LogP) is 5.08. The number of benzene rings is 3. The Balaban J connectivity index is 1.46. The summed E-state index contributed by atoms with van der Waals surface area (Å²) in [7, 11) is 1.53. The molecule has 1 heterocycles. The summed E-state index contributed by atoms with van der Waals surface area (Å²) in [5, 5.41) is 11.4. The Labute approximate surface area is 202 Å². The third-order valence-corrected chi connectivity index (χ3v) is 4.91. The molecule has 0 unspecified atom stereocenters. The number of hydrogen-bond donors (Lipinski definition) is 3. The molecule has 9 nitrogen and oxygen atoms in total. The number of anilines is 2. The summed E-state index contributed by atoms with van der Waals surface area (Å²) in [5.74, 6) is 0.639. The van der Waals surface area contributed by atoms with Crippen LogP contribution in [0, 0.1) is 0 Å². The number of rotatable bonds is 6. The van der Waals surface area contributed by atoms with E-state index in [4.69, 9.17) is 4.74 Å². The summed E-state index contributed by atoms with van der Waals surface area (Å²) in [6, 6.07) is 15.0. The normalized spacial score (nSPS) is 11.0. The van der Waals surface area contributed by atoms with E-state index in [9.17, 15) is 22.8 Å².